The van der Waals surface area contributed by atoms with Gasteiger partial charge in [0.2, 0.25) is 0 Å². The molecule has 1 heterocycles. The number of amides is 1. The van der Waals surface area contributed by atoms with Crippen LogP contribution in [0.2, 0.25) is 5.02 Å². The van der Waals surface area contributed by atoms with Crippen LogP contribution in [0.1, 0.15) is 10.5 Å². The minimum absolute atomic E-state index is 0.288. The molecular formula is C18H16ClN3O3S. The number of thiazole rings is 1. The summed E-state index contributed by atoms with van der Waals surface area (Å²) in [6, 6.07) is 12.3. The lowest BCUT2D eigenvalue weighted by Crippen LogP contribution is -2.12. The molecule has 1 amide bonds. The smallest absolute Gasteiger partial charge is 0.275 e. The Morgan fingerprint density at radius 3 is 2.42 bits per heavy atom. The molecule has 0 aliphatic rings. The van der Waals surface area contributed by atoms with Crippen LogP contribution in [0.4, 0.5) is 16.5 Å². The summed E-state index contributed by atoms with van der Waals surface area (Å²) >= 11 is 7.17. The number of hydrogen-bond donors (Lipinski definition) is 2. The van der Waals surface area contributed by atoms with Crippen molar-refractivity contribution in [1.29, 1.82) is 0 Å². The molecule has 2 aromatic carbocycles. The van der Waals surface area contributed by atoms with E-state index in [0.29, 0.717) is 33.0 Å². The molecule has 0 aliphatic heterocycles. The Kier molecular flexibility index (Phi) is 5.60. The molecule has 1 aromatic heterocycles. The number of benzene rings is 2. The van der Waals surface area contributed by atoms with Crippen molar-refractivity contribution in [1.82, 2.24) is 4.98 Å². The fourth-order valence-electron chi connectivity index (χ4n) is 2.20. The highest BCUT2D eigenvalue weighted by molar-refractivity contribution is 7.14. The number of halogens is 1. The quantitative estimate of drug-likeness (QED) is 0.633. The van der Waals surface area contributed by atoms with Crippen molar-refractivity contribution < 1.29 is 14.3 Å². The lowest BCUT2D eigenvalue weighted by Gasteiger charge is -2.09. The van der Waals surface area contributed by atoms with E-state index in [1.807, 2.05) is 6.07 Å². The maximum absolute atomic E-state index is 12.3. The summed E-state index contributed by atoms with van der Waals surface area (Å²) < 4.78 is 10.5. The molecule has 6 nitrogen and oxygen atoms in total. The van der Waals surface area contributed by atoms with Crippen LogP contribution in [-0.2, 0) is 0 Å². The molecule has 0 saturated heterocycles. The average Bonchev–Trinajstić information content (AvgIpc) is 3.12. The molecule has 0 atom stereocenters. The largest absolute Gasteiger partial charge is 0.493 e. The van der Waals surface area contributed by atoms with Gasteiger partial charge in [-0.1, -0.05) is 11.6 Å². The van der Waals surface area contributed by atoms with Crippen molar-refractivity contribution >= 4 is 45.4 Å². The predicted molar refractivity (Wildman–Crippen MR) is 104 cm³/mol. The van der Waals surface area contributed by atoms with Crippen LogP contribution in [0.5, 0.6) is 11.5 Å². The Balaban J connectivity index is 1.69. The van der Waals surface area contributed by atoms with Crippen molar-refractivity contribution in [2.75, 3.05) is 24.9 Å². The first kappa shape index (κ1) is 18.0. The summed E-state index contributed by atoms with van der Waals surface area (Å²) in [5, 5.41) is 8.82. The zero-order valence-electron chi connectivity index (χ0n) is 14.1. The van der Waals surface area contributed by atoms with E-state index in [-0.39, 0.29) is 5.91 Å². The highest BCUT2D eigenvalue weighted by Crippen LogP contribution is 2.31. The van der Waals surface area contributed by atoms with Crippen LogP contribution in [0.3, 0.4) is 0 Å². The summed E-state index contributed by atoms with van der Waals surface area (Å²) in [7, 11) is 3.15. The van der Waals surface area contributed by atoms with Gasteiger partial charge in [-0.15, -0.1) is 11.3 Å². The number of anilines is 3. The van der Waals surface area contributed by atoms with Crippen molar-refractivity contribution in [3.63, 3.8) is 0 Å². The van der Waals surface area contributed by atoms with E-state index in [0.717, 1.165) is 5.69 Å². The summed E-state index contributed by atoms with van der Waals surface area (Å²) in [4.78, 5) is 16.6. The van der Waals surface area contributed by atoms with Crippen LogP contribution in [0, 0.1) is 0 Å². The zero-order chi connectivity index (χ0) is 18.5. The van der Waals surface area contributed by atoms with Gasteiger partial charge in [-0.3, -0.25) is 4.79 Å². The Morgan fingerprint density at radius 1 is 1.04 bits per heavy atom. The van der Waals surface area contributed by atoms with E-state index in [4.69, 9.17) is 21.1 Å². The van der Waals surface area contributed by atoms with E-state index in [1.54, 1.807) is 56.0 Å². The van der Waals surface area contributed by atoms with Gasteiger partial charge in [0, 0.05) is 27.8 Å². The molecule has 134 valence electrons. The van der Waals surface area contributed by atoms with Crippen molar-refractivity contribution in [3.8, 4) is 11.5 Å². The van der Waals surface area contributed by atoms with Crippen LogP contribution >= 0.6 is 22.9 Å². The molecule has 3 rings (SSSR count). The molecule has 0 aliphatic carbocycles. The molecule has 0 bridgehead atoms. The van der Waals surface area contributed by atoms with E-state index in [1.165, 1.54) is 11.3 Å². The second kappa shape index (κ2) is 8.07. The number of nitrogens with one attached hydrogen (secondary N) is 2. The predicted octanol–water partition coefficient (Wildman–Crippen LogP) is 4.81. The molecule has 0 radical (unpaired) electrons. The van der Waals surface area contributed by atoms with E-state index < -0.39 is 0 Å². The fraction of sp³-hybridized carbons (Fsp3) is 0.111. The highest BCUT2D eigenvalue weighted by atomic mass is 35.5. The number of hydrogen-bond acceptors (Lipinski definition) is 6. The number of rotatable bonds is 6. The van der Waals surface area contributed by atoms with Gasteiger partial charge < -0.3 is 20.1 Å². The monoisotopic (exact) mass is 389 g/mol. The standard InChI is InChI=1S/C18H16ClN3O3S/c1-24-15-8-7-13(9-16(15)25-2)21-18-22-14(10-26-18)17(23)20-12-5-3-11(19)4-6-12/h3-10H,1-2H3,(H,20,23)(H,21,22). The Labute approximate surface area is 159 Å². The third kappa shape index (κ3) is 4.25. The number of carbonyl (C=O) groups excluding carboxylic acids is 1. The number of aromatic nitrogens is 1. The van der Waals surface area contributed by atoms with Crippen LogP contribution < -0.4 is 20.1 Å². The van der Waals surface area contributed by atoms with Gasteiger partial charge in [-0.05, 0) is 36.4 Å². The lowest BCUT2D eigenvalue weighted by atomic mass is 10.3. The SMILES string of the molecule is COc1ccc(Nc2nc(C(=O)Nc3ccc(Cl)cc3)cs2)cc1OC. The maximum Gasteiger partial charge on any atom is 0.275 e. The summed E-state index contributed by atoms with van der Waals surface area (Å²) in [6.45, 7) is 0. The number of methoxy groups -OCH3 is 2. The third-order valence-electron chi connectivity index (χ3n) is 3.47. The molecule has 2 N–H and O–H groups in total. The minimum atomic E-state index is -0.288. The first-order valence-corrected chi connectivity index (χ1v) is 8.86. The highest BCUT2D eigenvalue weighted by Gasteiger charge is 2.12. The van der Waals surface area contributed by atoms with Crippen LogP contribution in [-0.4, -0.2) is 25.1 Å². The fourth-order valence-corrected chi connectivity index (χ4v) is 3.04. The molecular weight excluding hydrogens is 374 g/mol. The van der Waals surface area contributed by atoms with Crippen LogP contribution in [0.15, 0.2) is 47.8 Å². The molecule has 3 aromatic rings. The summed E-state index contributed by atoms with van der Waals surface area (Å²) in [5.74, 6) is 0.957. The van der Waals surface area contributed by atoms with Gasteiger partial charge in [0.25, 0.3) is 5.91 Å². The molecule has 26 heavy (non-hydrogen) atoms. The Hall–Kier alpha value is -2.77. The topological polar surface area (TPSA) is 72.5 Å². The van der Waals surface area contributed by atoms with Gasteiger partial charge in [0.1, 0.15) is 5.69 Å². The van der Waals surface area contributed by atoms with Crippen LogP contribution in [0.25, 0.3) is 0 Å². The summed E-state index contributed by atoms with van der Waals surface area (Å²) in [5.41, 5.74) is 1.76. The van der Waals surface area contributed by atoms with E-state index >= 15 is 0 Å². The normalized spacial score (nSPS) is 10.3. The van der Waals surface area contributed by atoms with Gasteiger partial charge in [0.15, 0.2) is 16.6 Å². The van der Waals surface area contributed by atoms with Gasteiger partial charge >= 0.3 is 0 Å². The first-order chi connectivity index (χ1) is 12.6. The first-order valence-electron chi connectivity index (χ1n) is 7.60. The second-order valence-electron chi connectivity index (χ2n) is 5.19. The van der Waals surface area contributed by atoms with Crippen molar-refractivity contribution in [3.05, 3.63) is 58.6 Å². The lowest BCUT2D eigenvalue weighted by molar-refractivity contribution is 0.102. The Bertz CT molecular complexity index is 912. The van der Waals surface area contributed by atoms with E-state index in [2.05, 4.69) is 15.6 Å². The number of nitrogens with zero attached hydrogens (tertiary/aromatic N) is 1. The number of carbonyl (C=O) groups is 1. The average molecular weight is 390 g/mol. The van der Waals surface area contributed by atoms with Crippen molar-refractivity contribution in [2.24, 2.45) is 0 Å². The van der Waals surface area contributed by atoms with Gasteiger partial charge in [0.05, 0.1) is 14.2 Å². The maximum atomic E-state index is 12.3. The van der Waals surface area contributed by atoms with Gasteiger partial charge in [-0.2, -0.15) is 0 Å². The van der Waals surface area contributed by atoms with Crippen molar-refractivity contribution in [2.45, 2.75) is 0 Å². The molecule has 0 fully saturated rings. The third-order valence-corrected chi connectivity index (χ3v) is 4.48. The molecule has 0 saturated carbocycles. The van der Waals surface area contributed by atoms with E-state index in [9.17, 15) is 4.79 Å². The zero-order valence-corrected chi connectivity index (χ0v) is 15.6. The molecule has 8 heteroatoms. The summed E-state index contributed by atoms with van der Waals surface area (Å²) in [6.07, 6.45) is 0. The molecule has 0 spiro atoms. The Morgan fingerprint density at radius 2 is 1.73 bits per heavy atom. The minimum Gasteiger partial charge on any atom is -0.493 e. The second-order valence-corrected chi connectivity index (χ2v) is 6.49. The number of ether oxygens (including phenoxy) is 2. The van der Waals surface area contributed by atoms with Gasteiger partial charge in [-0.25, -0.2) is 4.98 Å². The molecule has 0 unspecified atom stereocenters.